The monoisotopic (exact) mass is 425 g/mol. The highest BCUT2D eigenvalue weighted by Crippen LogP contribution is 2.12. The highest BCUT2D eigenvalue weighted by molar-refractivity contribution is 14.0. The lowest BCUT2D eigenvalue weighted by Gasteiger charge is -2.40. The molecular formula is C16H36IN5. The van der Waals surface area contributed by atoms with Crippen molar-refractivity contribution in [3.63, 3.8) is 0 Å². The van der Waals surface area contributed by atoms with Gasteiger partial charge in [0.1, 0.15) is 0 Å². The van der Waals surface area contributed by atoms with Crippen LogP contribution in [0.25, 0.3) is 0 Å². The topological polar surface area (TPSA) is 42.9 Å². The molecule has 1 atom stereocenters. The van der Waals surface area contributed by atoms with E-state index in [4.69, 9.17) is 0 Å². The minimum atomic E-state index is 0. The second kappa shape index (κ2) is 11.5. The van der Waals surface area contributed by atoms with E-state index in [2.05, 4.69) is 60.2 Å². The molecule has 1 heterocycles. The second-order valence-corrected chi connectivity index (χ2v) is 6.88. The van der Waals surface area contributed by atoms with E-state index in [1.54, 1.807) is 0 Å². The van der Waals surface area contributed by atoms with Gasteiger partial charge in [0.2, 0.25) is 0 Å². The molecule has 0 aliphatic carbocycles. The van der Waals surface area contributed by atoms with Gasteiger partial charge in [-0.25, -0.2) is 0 Å². The maximum Gasteiger partial charge on any atom is 0.191 e. The molecule has 22 heavy (non-hydrogen) atoms. The molecule has 6 heteroatoms. The molecule has 0 spiro atoms. The molecule has 1 unspecified atom stereocenters. The van der Waals surface area contributed by atoms with E-state index in [9.17, 15) is 0 Å². The molecule has 0 aromatic carbocycles. The second-order valence-electron chi connectivity index (χ2n) is 6.88. The minimum Gasteiger partial charge on any atom is -0.356 e. The van der Waals surface area contributed by atoms with Gasteiger partial charge in [-0.2, -0.15) is 0 Å². The molecule has 1 saturated heterocycles. The summed E-state index contributed by atoms with van der Waals surface area (Å²) in [5.41, 5.74) is 0. The highest BCUT2D eigenvalue weighted by Gasteiger charge is 2.24. The van der Waals surface area contributed by atoms with E-state index < -0.39 is 0 Å². The molecule has 2 N–H and O–H groups in total. The predicted molar refractivity (Wildman–Crippen MR) is 107 cm³/mol. The van der Waals surface area contributed by atoms with Gasteiger partial charge in [0.25, 0.3) is 0 Å². The van der Waals surface area contributed by atoms with E-state index in [1.807, 2.05) is 7.05 Å². The summed E-state index contributed by atoms with van der Waals surface area (Å²) in [6, 6.07) is 0.566. The lowest BCUT2D eigenvalue weighted by Crippen LogP contribution is -2.55. The first-order valence-corrected chi connectivity index (χ1v) is 8.31. The maximum atomic E-state index is 4.32. The number of guanidine groups is 1. The van der Waals surface area contributed by atoms with Gasteiger partial charge in [-0.05, 0) is 18.9 Å². The summed E-state index contributed by atoms with van der Waals surface area (Å²) < 4.78 is 0. The van der Waals surface area contributed by atoms with Gasteiger partial charge >= 0.3 is 0 Å². The van der Waals surface area contributed by atoms with Crippen LogP contribution in [0, 0.1) is 11.8 Å². The molecule has 0 saturated carbocycles. The van der Waals surface area contributed by atoms with Crippen LogP contribution in [0.1, 0.15) is 27.7 Å². The molecule has 5 nitrogen and oxygen atoms in total. The fourth-order valence-electron chi connectivity index (χ4n) is 2.66. The zero-order chi connectivity index (χ0) is 15.8. The normalized spacial score (nSPS) is 19.2. The van der Waals surface area contributed by atoms with Crippen molar-refractivity contribution in [2.45, 2.75) is 33.7 Å². The third-order valence-electron chi connectivity index (χ3n) is 4.16. The molecule has 0 bridgehead atoms. The van der Waals surface area contributed by atoms with Crippen LogP contribution in [0.15, 0.2) is 4.99 Å². The Kier molecular flexibility index (Phi) is 11.4. The van der Waals surface area contributed by atoms with E-state index in [-0.39, 0.29) is 24.0 Å². The van der Waals surface area contributed by atoms with Crippen molar-refractivity contribution in [1.29, 1.82) is 0 Å². The third kappa shape index (κ3) is 7.97. The molecule has 0 radical (unpaired) electrons. The Labute approximate surface area is 154 Å². The Morgan fingerprint density at radius 2 is 1.55 bits per heavy atom. The molecule has 1 rings (SSSR count). The van der Waals surface area contributed by atoms with Crippen molar-refractivity contribution in [3.8, 4) is 0 Å². The number of rotatable bonds is 6. The lowest BCUT2D eigenvalue weighted by molar-refractivity contribution is 0.0900. The first-order chi connectivity index (χ1) is 9.93. The van der Waals surface area contributed by atoms with E-state index in [0.29, 0.717) is 17.9 Å². The number of hydrogen-bond acceptors (Lipinski definition) is 3. The summed E-state index contributed by atoms with van der Waals surface area (Å²) in [5.74, 6) is 2.19. The quantitative estimate of drug-likeness (QED) is 0.386. The van der Waals surface area contributed by atoms with Crippen LogP contribution in [0.4, 0.5) is 0 Å². The van der Waals surface area contributed by atoms with Crippen molar-refractivity contribution in [2.75, 3.05) is 53.4 Å². The van der Waals surface area contributed by atoms with Crippen LogP contribution in [-0.2, 0) is 0 Å². The SMILES string of the molecule is CN=C(NCC(C)C)NCC(C(C)C)N1CCN(C)CC1.I. The molecule has 132 valence electrons. The van der Waals surface area contributed by atoms with E-state index in [1.165, 1.54) is 26.2 Å². The number of hydrogen-bond donors (Lipinski definition) is 2. The molecular weight excluding hydrogens is 389 g/mol. The van der Waals surface area contributed by atoms with Crippen molar-refractivity contribution < 1.29 is 0 Å². The smallest absolute Gasteiger partial charge is 0.191 e. The number of nitrogens with zero attached hydrogens (tertiary/aromatic N) is 3. The molecule has 0 aromatic rings. The largest absolute Gasteiger partial charge is 0.356 e. The number of aliphatic imine (C=N–C) groups is 1. The van der Waals surface area contributed by atoms with Crippen molar-refractivity contribution in [3.05, 3.63) is 0 Å². The van der Waals surface area contributed by atoms with Crippen LogP contribution in [0.5, 0.6) is 0 Å². The summed E-state index contributed by atoms with van der Waals surface area (Å²) in [5, 5.41) is 6.88. The maximum absolute atomic E-state index is 4.32. The molecule has 0 amide bonds. The Morgan fingerprint density at radius 3 is 2.00 bits per heavy atom. The van der Waals surface area contributed by atoms with Crippen LogP contribution < -0.4 is 10.6 Å². The lowest BCUT2D eigenvalue weighted by atomic mass is 10.0. The fourth-order valence-corrected chi connectivity index (χ4v) is 2.66. The summed E-state index contributed by atoms with van der Waals surface area (Å²) in [6.45, 7) is 15.6. The number of likely N-dealkylation sites (N-methyl/N-ethyl adjacent to an activating group) is 1. The molecule has 1 aliphatic rings. The van der Waals surface area contributed by atoms with E-state index >= 15 is 0 Å². The van der Waals surface area contributed by atoms with Crippen molar-refractivity contribution >= 4 is 29.9 Å². The van der Waals surface area contributed by atoms with Crippen molar-refractivity contribution in [2.24, 2.45) is 16.8 Å². The zero-order valence-electron chi connectivity index (χ0n) is 15.2. The standard InChI is InChI=1S/C16H35N5.HI/c1-13(2)11-18-16(17-5)19-12-15(14(3)4)21-9-7-20(6)8-10-21;/h13-15H,7-12H2,1-6H3,(H2,17,18,19);1H. The predicted octanol–water partition coefficient (Wildman–Crippen LogP) is 1.70. The van der Waals surface area contributed by atoms with Gasteiger partial charge in [0.05, 0.1) is 0 Å². The van der Waals surface area contributed by atoms with Gasteiger partial charge in [0, 0.05) is 52.4 Å². The Bertz CT molecular complexity index is 312. The van der Waals surface area contributed by atoms with Gasteiger partial charge in [-0.15, -0.1) is 24.0 Å². The fraction of sp³-hybridized carbons (Fsp3) is 0.938. The van der Waals surface area contributed by atoms with Crippen LogP contribution in [0.3, 0.4) is 0 Å². The van der Waals surface area contributed by atoms with Gasteiger partial charge < -0.3 is 15.5 Å². The van der Waals surface area contributed by atoms with E-state index in [0.717, 1.165) is 19.0 Å². The highest BCUT2D eigenvalue weighted by atomic mass is 127. The van der Waals surface area contributed by atoms with Crippen molar-refractivity contribution in [1.82, 2.24) is 20.4 Å². The van der Waals surface area contributed by atoms with Crippen LogP contribution in [-0.4, -0.2) is 75.2 Å². The van der Waals surface area contributed by atoms with Crippen LogP contribution in [0.2, 0.25) is 0 Å². The Morgan fingerprint density at radius 1 is 1.00 bits per heavy atom. The minimum absolute atomic E-state index is 0. The summed E-state index contributed by atoms with van der Waals surface area (Å²) in [6.07, 6.45) is 0. The first-order valence-electron chi connectivity index (χ1n) is 8.31. The van der Waals surface area contributed by atoms with Gasteiger partial charge in [0.15, 0.2) is 5.96 Å². The van der Waals surface area contributed by atoms with Gasteiger partial charge in [-0.1, -0.05) is 27.7 Å². The number of nitrogens with one attached hydrogen (secondary N) is 2. The zero-order valence-corrected chi connectivity index (χ0v) is 17.6. The molecule has 1 aliphatic heterocycles. The summed E-state index contributed by atoms with van der Waals surface area (Å²) >= 11 is 0. The average Bonchev–Trinajstić information content (AvgIpc) is 2.43. The molecule has 0 aromatic heterocycles. The Balaban J connectivity index is 0.00000441. The number of piperazine rings is 1. The Hall–Kier alpha value is -0.0800. The summed E-state index contributed by atoms with van der Waals surface area (Å²) in [7, 11) is 4.05. The van der Waals surface area contributed by atoms with Crippen LogP contribution >= 0.6 is 24.0 Å². The average molecular weight is 425 g/mol. The summed E-state index contributed by atoms with van der Waals surface area (Å²) in [4.78, 5) is 9.34. The first kappa shape index (κ1) is 21.9. The number of halogens is 1. The van der Waals surface area contributed by atoms with Gasteiger partial charge in [-0.3, -0.25) is 9.89 Å². The molecule has 1 fully saturated rings. The third-order valence-corrected chi connectivity index (χ3v) is 4.16.